The van der Waals surface area contributed by atoms with Crippen LogP contribution in [0.1, 0.15) is 40.7 Å². The lowest BCUT2D eigenvalue weighted by Gasteiger charge is -2.34. The highest BCUT2D eigenvalue weighted by molar-refractivity contribution is 6.05. The Morgan fingerprint density at radius 1 is 1.03 bits per heavy atom. The monoisotopic (exact) mass is 521 g/mol. The first-order valence-electron chi connectivity index (χ1n) is 12.9. The van der Waals surface area contributed by atoms with Crippen molar-refractivity contribution in [2.75, 3.05) is 30.4 Å². The quantitative estimate of drug-likeness (QED) is 0.429. The van der Waals surface area contributed by atoms with Crippen LogP contribution in [-0.2, 0) is 17.8 Å². The maximum absolute atomic E-state index is 13.4. The SMILES string of the molecule is CN1C(=O)CCc2ccc(NC(=O)c3ccc(-c4ccccc4)c(CN4CCCC(C(F)(F)F)C4)c3)cc21. The molecule has 1 saturated heterocycles. The molecule has 0 aromatic heterocycles. The minimum Gasteiger partial charge on any atom is -0.322 e. The fourth-order valence-electron chi connectivity index (χ4n) is 5.38. The molecule has 198 valence electrons. The van der Waals surface area contributed by atoms with Gasteiger partial charge in [0, 0.05) is 43.5 Å². The average molecular weight is 522 g/mol. The summed E-state index contributed by atoms with van der Waals surface area (Å²) in [4.78, 5) is 28.8. The topological polar surface area (TPSA) is 52.7 Å². The number of carbonyl (C=O) groups is 2. The predicted octanol–water partition coefficient (Wildman–Crippen LogP) is 6.29. The fraction of sp³-hybridized carbons (Fsp3) is 0.333. The van der Waals surface area contributed by atoms with E-state index in [9.17, 15) is 22.8 Å². The summed E-state index contributed by atoms with van der Waals surface area (Å²) < 4.78 is 40.3. The van der Waals surface area contributed by atoms with Crippen LogP contribution in [0, 0.1) is 5.92 Å². The summed E-state index contributed by atoms with van der Waals surface area (Å²) in [6.07, 6.45) is -2.44. The first-order chi connectivity index (χ1) is 18.2. The second-order valence-electron chi connectivity index (χ2n) is 10.1. The Morgan fingerprint density at radius 2 is 1.82 bits per heavy atom. The molecule has 0 spiro atoms. The average Bonchev–Trinajstić information content (AvgIpc) is 2.91. The number of amides is 2. The Morgan fingerprint density at radius 3 is 2.58 bits per heavy atom. The Bertz CT molecular complexity index is 1340. The molecule has 3 aromatic rings. The fourth-order valence-corrected chi connectivity index (χ4v) is 5.38. The lowest BCUT2D eigenvalue weighted by molar-refractivity contribution is -0.187. The molecule has 1 N–H and O–H groups in total. The molecule has 2 heterocycles. The molecule has 2 aliphatic rings. The second kappa shape index (κ2) is 10.6. The van der Waals surface area contributed by atoms with E-state index in [1.54, 1.807) is 30.1 Å². The van der Waals surface area contributed by atoms with Gasteiger partial charge in [-0.2, -0.15) is 13.2 Å². The lowest BCUT2D eigenvalue weighted by atomic mass is 9.94. The molecule has 0 saturated carbocycles. The van der Waals surface area contributed by atoms with Gasteiger partial charge in [-0.15, -0.1) is 0 Å². The zero-order valence-electron chi connectivity index (χ0n) is 21.2. The smallest absolute Gasteiger partial charge is 0.322 e. The molecule has 38 heavy (non-hydrogen) atoms. The molecule has 5 rings (SSSR count). The van der Waals surface area contributed by atoms with Gasteiger partial charge in [-0.1, -0.05) is 42.5 Å². The number of nitrogens with one attached hydrogen (secondary N) is 1. The number of anilines is 2. The minimum atomic E-state index is -4.21. The molecule has 3 aromatic carbocycles. The van der Waals surface area contributed by atoms with E-state index in [1.807, 2.05) is 53.4 Å². The van der Waals surface area contributed by atoms with Gasteiger partial charge in [0.15, 0.2) is 0 Å². The van der Waals surface area contributed by atoms with Crippen LogP contribution in [-0.4, -0.2) is 43.0 Å². The number of likely N-dealkylation sites (tertiary alicyclic amines) is 1. The van der Waals surface area contributed by atoms with Crippen LogP contribution < -0.4 is 10.2 Å². The maximum Gasteiger partial charge on any atom is 0.393 e. The van der Waals surface area contributed by atoms with E-state index in [-0.39, 0.29) is 24.8 Å². The van der Waals surface area contributed by atoms with Gasteiger partial charge < -0.3 is 10.2 Å². The Balaban J connectivity index is 1.41. The van der Waals surface area contributed by atoms with E-state index in [0.29, 0.717) is 43.6 Å². The summed E-state index contributed by atoms with van der Waals surface area (Å²) in [5, 5.41) is 2.92. The third-order valence-corrected chi connectivity index (χ3v) is 7.50. The van der Waals surface area contributed by atoms with Crippen molar-refractivity contribution in [3.8, 4) is 11.1 Å². The highest BCUT2D eigenvalue weighted by atomic mass is 19.4. The first kappa shape index (κ1) is 26.0. The molecule has 2 amide bonds. The summed E-state index contributed by atoms with van der Waals surface area (Å²) in [6.45, 7) is 0.859. The Hall–Kier alpha value is -3.65. The number of benzene rings is 3. The first-order valence-corrected chi connectivity index (χ1v) is 12.9. The largest absolute Gasteiger partial charge is 0.393 e. The highest BCUT2D eigenvalue weighted by Crippen LogP contribution is 2.35. The number of carbonyl (C=O) groups excluding carboxylic acids is 2. The van der Waals surface area contributed by atoms with Gasteiger partial charge >= 0.3 is 6.18 Å². The number of halogens is 3. The van der Waals surface area contributed by atoms with Crippen LogP contribution in [0.2, 0.25) is 0 Å². The van der Waals surface area contributed by atoms with Crippen molar-refractivity contribution >= 4 is 23.2 Å². The van der Waals surface area contributed by atoms with Gasteiger partial charge in [-0.3, -0.25) is 14.5 Å². The van der Waals surface area contributed by atoms with Crippen molar-refractivity contribution in [3.05, 3.63) is 83.4 Å². The van der Waals surface area contributed by atoms with Crippen LogP contribution in [0.5, 0.6) is 0 Å². The van der Waals surface area contributed by atoms with Crippen molar-refractivity contribution in [2.24, 2.45) is 5.92 Å². The van der Waals surface area contributed by atoms with E-state index >= 15 is 0 Å². The molecule has 0 radical (unpaired) electrons. The number of rotatable bonds is 5. The van der Waals surface area contributed by atoms with Crippen molar-refractivity contribution in [3.63, 3.8) is 0 Å². The van der Waals surface area contributed by atoms with Gasteiger partial charge in [0.05, 0.1) is 5.92 Å². The standard InChI is InChI=1S/C30H30F3N3O2/c1-35-27-17-25(12-9-21(27)11-14-28(35)37)34-29(38)22-10-13-26(20-6-3-2-4-7-20)23(16-22)18-36-15-5-8-24(19-36)30(31,32)33/h2-4,6-7,9-10,12-13,16-17,24H,5,8,11,14-15,18-19H2,1H3,(H,34,38). The lowest BCUT2D eigenvalue weighted by Crippen LogP contribution is -2.41. The third-order valence-electron chi connectivity index (χ3n) is 7.50. The van der Waals surface area contributed by atoms with Gasteiger partial charge in [0.1, 0.15) is 0 Å². The number of fused-ring (bicyclic) bond motifs is 1. The number of hydrogen-bond donors (Lipinski definition) is 1. The third kappa shape index (κ3) is 5.60. The summed E-state index contributed by atoms with van der Waals surface area (Å²) in [7, 11) is 1.73. The molecular formula is C30H30F3N3O2. The van der Waals surface area contributed by atoms with Gasteiger partial charge in [-0.25, -0.2) is 0 Å². The maximum atomic E-state index is 13.4. The van der Waals surface area contributed by atoms with Crippen molar-refractivity contribution in [1.82, 2.24) is 4.90 Å². The number of piperidine rings is 1. The van der Waals surface area contributed by atoms with E-state index < -0.39 is 12.1 Å². The van der Waals surface area contributed by atoms with E-state index in [2.05, 4.69) is 5.32 Å². The molecule has 5 nitrogen and oxygen atoms in total. The van der Waals surface area contributed by atoms with E-state index in [1.165, 1.54) is 0 Å². The van der Waals surface area contributed by atoms with Gasteiger partial charge in [-0.05, 0) is 72.3 Å². The number of nitrogens with zero attached hydrogens (tertiary/aromatic N) is 2. The van der Waals surface area contributed by atoms with E-state index in [4.69, 9.17) is 0 Å². The summed E-state index contributed by atoms with van der Waals surface area (Å²) in [5.41, 5.74) is 5.48. The minimum absolute atomic E-state index is 0.0348. The number of hydrogen-bond acceptors (Lipinski definition) is 3. The normalized spacial score (nSPS) is 18.3. The summed E-state index contributed by atoms with van der Waals surface area (Å²) in [6, 6.07) is 20.6. The Kier molecular flexibility index (Phi) is 7.25. The van der Waals surface area contributed by atoms with Crippen LogP contribution in [0.4, 0.5) is 24.5 Å². The van der Waals surface area contributed by atoms with Crippen molar-refractivity contribution < 1.29 is 22.8 Å². The molecule has 2 aliphatic heterocycles. The molecule has 1 atom stereocenters. The Labute approximate surface area is 220 Å². The zero-order valence-corrected chi connectivity index (χ0v) is 21.2. The summed E-state index contributed by atoms with van der Waals surface area (Å²) in [5.74, 6) is -1.62. The molecule has 1 fully saturated rings. The van der Waals surface area contributed by atoms with E-state index in [0.717, 1.165) is 27.9 Å². The van der Waals surface area contributed by atoms with Crippen molar-refractivity contribution in [2.45, 2.75) is 38.4 Å². The molecule has 1 unspecified atom stereocenters. The molecule has 8 heteroatoms. The second-order valence-corrected chi connectivity index (χ2v) is 10.1. The number of aryl methyl sites for hydroxylation is 1. The molecule has 0 bridgehead atoms. The molecule has 0 aliphatic carbocycles. The van der Waals surface area contributed by atoms with Crippen LogP contribution in [0.25, 0.3) is 11.1 Å². The van der Waals surface area contributed by atoms with Crippen LogP contribution >= 0.6 is 0 Å². The number of alkyl halides is 3. The highest BCUT2D eigenvalue weighted by Gasteiger charge is 2.41. The zero-order chi connectivity index (χ0) is 26.9. The van der Waals surface area contributed by atoms with Crippen LogP contribution in [0.15, 0.2) is 66.7 Å². The van der Waals surface area contributed by atoms with Gasteiger partial charge in [0.25, 0.3) is 5.91 Å². The van der Waals surface area contributed by atoms with Gasteiger partial charge in [0.2, 0.25) is 5.91 Å². The molecular weight excluding hydrogens is 491 g/mol. The van der Waals surface area contributed by atoms with Crippen molar-refractivity contribution in [1.29, 1.82) is 0 Å². The predicted molar refractivity (Wildman–Crippen MR) is 142 cm³/mol. The summed E-state index contributed by atoms with van der Waals surface area (Å²) >= 11 is 0. The van der Waals surface area contributed by atoms with Crippen LogP contribution in [0.3, 0.4) is 0 Å².